The first kappa shape index (κ1) is 15.0. The number of ether oxygens (including phenoxy) is 1. The predicted molar refractivity (Wildman–Crippen MR) is 87.2 cm³/mol. The normalized spacial score (nSPS) is 17.5. The minimum atomic E-state index is -0.262. The summed E-state index contributed by atoms with van der Waals surface area (Å²) in [6, 6.07) is 13.7. The highest BCUT2D eigenvalue weighted by molar-refractivity contribution is 9.10. The highest BCUT2D eigenvalue weighted by Crippen LogP contribution is 2.35. The zero-order valence-electron chi connectivity index (χ0n) is 12.1. The quantitative estimate of drug-likeness (QED) is 0.765. The number of pyridine rings is 1. The summed E-state index contributed by atoms with van der Waals surface area (Å²) in [4.78, 5) is 18.4. The molecule has 1 aliphatic rings. The van der Waals surface area contributed by atoms with E-state index in [1.54, 1.807) is 11.1 Å². The van der Waals surface area contributed by atoms with Crippen LogP contribution in [0.5, 0.6) is 0 Å². The topological polar surface area (TPSA) is 42.4 Å². The maximum absolute atomic E-state index is 12.4. The van der Waals surface area contributed by atoms with Crippen molar-refractivity contribution in [2.45, 2.75) is 25.5 Å². The summed E-state index contributed by atoms with van der Waals surface area (Å²) in [5, 5.41) is 0. The summed E-state index contributed by atoms with van der Waals surface area (Å²) in [5.41, 5.74) is 2.03. The molecule has 3 rings (SSSR count). The molecule has 0 N–H and O–H groups in total. The monoisotopic (exact) mass is 360 g/mol. The Balaban J connectivity index is 1.68. The molecular weight excluding hydrogens is 344 g/mol. The van der Waals surface area contributed by atoms with Crippen molar-refractivity contribution in [3.8, 4) is 0 Å². The minimum Gasteiger partial charge on any atom is -0.445 e. The Hall–Kier alpha value is -1.88. The third kappa shape index (κ3) is 3.30. The molecule has 0 saturated carbocycles. The molecule has 4 nitrogen and oxygen atoms in total. The van der Waals surface area contributed by atoms with Crippen molar-refractivity contribution in [3.63, 3.8) is 0 Å². The lowest BCUT2D eigenvalue weighted by molar-refractivity contribution is 0.0919. The second kappa shape index (κ2) is 6.92. The number of aromatic nitrogens is 1. The summed E-state index contributed by atoms with van der Waals surface area (Å²) in [6.07, 6.45) is 3.39. The summed E-state index contributed by atoms with van der Waals surface area (Å²) in [7, 11) is 0. The zero-order valence-corrected chi connectivity index (χ0v) is 13.7. The summed E-state index contributed by atoms with van der Waals surface area (Å²) < 4.78 is 6.25. The van der Waals surface area contributed by atoms with E-state index < -0.39 is 0 Å². The van der Waals surface area contributed by atoms with Crippen molar-refractivity contribution in [3.05, 3.63) is 64.4 Å². The fraction of sp³-hybridized carbons (Fsp3) is 0.294. The number of hydrogen-bond acceptors (Lipinski definition) is 3. The Labute approximate surface area is 138 Å². The van der Waals surface area contributed by atoms with Crippen LogP contribution in [0.15, 0.2) is 53.3 Å². The SMILES string of the molecule is O=C(OCc1ccccc1)N1CCC[C@H]1c1cccnc1Br. The Morgan fingerprint density at radius 1 is 1.27 bits per heavy atom. The van der Waals surface area contributed by atoms with Gasteiger partial charge in [-0.1, -0.05) is 36.4 Å². The van der Waals surface area contributed by atoms with Gasteiger partial charge in [-0.2, -0.15) is 0 Å². The summed E-state index contributed by atoms with van der Waals surface area (Å²) >= 11 is 3.47. The Bertz CT molecular complexity index is 648. The van der Waals surface area contributed by atoms with Crippen LogP contribution in [-0.2, 0) is 11.3 Å². The summed E-state index contributed by atoms with van der Waals surface area (Å²) in [6.45, 7) is 1.02. The molecule has 114 valence electrons. The van der Waals surface area contributed by atoms with Crippen LogP contribution in [-0.4, -0.2) is 22.5 Å². The van der Waals surface area contributed by atoms with Gasteiger partial charge in [0, 0.05) is 18.3 Å². The van der Waals surface area contributed by atoms with Crippen LogP contribution in [0.3, 0.4) is 0 Å². The maximum atomic E-state index is 12.4. The van der Waals surface area contributed by atoms with Gasteiger partial charge in [0.15, 0.2) is 0 Å². The molecule has 5 heteroatoms. The van der Waals surface area contributed by atoms with E-state index in [9.17, 15) is 4.79 Å². The third-order valence-electron chi connectivity index (χ3n) is 3.84. The van der Waals surface area contributed by atoms with Crippen LogP contribution in [0.25, 0.3) is 0 Å². The predicted octanol–water partition coefficient (Wildman–Crippen LogP) is 4.32. The van der Waals surface area contributed by atoms with E-state index in [2.05, 4.69) is 20.9 Å². The van der Waals surface area contributed by atoms with Crippen molar-refractivity contribution in [2.75, 3.05) is 6.54 Å². The van der Waals surface area contributed by atoms with Crippen molar-refractivity contribution < 1.29 is 9.53 Å². The number of hydrogen-bond donors (Lipinski definition) is 0. The highest BCUT2D eigenvalue weighted by Gasteiger charge is 2.32. The number of likely N-dealkylation sites (tertiary alicyclic amines) is 1. The zero-order chi connectivity index (χ0) is 15.4. The van der Waals surface area contributed by atoms with Gasteiger partial charge in [0.1, 0.15) is 11.2 Å². The van der Waals surface area contributed by atoms with Crippen LogP contribution in [0.2, 0.25) is 0 Å². The largest absolute Gasteiger partial charge is 0.445 e. The van der Waals surface area contributed by atoms with Crippen molar-refractivity contribution in [1.29, 1.82) is 0 Å². The molecule has 1 aromatic heterocycles. The maximum Gasteiger partial charge on any atom is 0.410 e. The average molecular weight is 361 g/mol. The van der Waals surface area contributed by atoms with E-state index in [1.165, 1.54) is 0 Å². The Morgan fingerprint density at radius 3 is 2.86 bits per heavy atom. The molecule has 1 amide bonds. The van der Waals surface area contributed by atoms with E-state index in [4.69, 9.17) is 4.74 Å². The molecular formula is C17H17BrN2O2. The van der Waals surface area contributed by atoms with Gasteiger partial charge in [0.05, 0.1) is 6.04 Å². The molecule has 0 bridgehead atoms. The van der Waals surface area contributed by atoms with Gasteiger partial charge in [-0.05, 0) is 40.4 Å². The fourth-order valence-corrected chi connectivity index (χ4v) is 3.27. The molecule has 2 aromatic rings. The molecule has 1 atom stereocenters. The van der Waals surface area contributed by atoms with Crippen LogP contribution >= 0.6 is 15.9 Å². The first-order valence-corrected chi connectivity index (χ1v) is 8.13. The van der Waals surface area contributed by atoms with E-state index >= 15 is 0 Å². The standard InChI is InChI=1S/C17H17BrN2O2/c18-16-14(8-4-10-19-16)15-9-5-11-20(15)17(21)22-12-13-6-2-1-3-7-13/h1-4,6-8,10,15H,5,9,11-12H2/t15-/m0/s1. The van der Waals surface area contributed by atoms with Crippen molar-refractivity contribution >= 4 is 22.0 Å². The van der Waals surface area contributed by atoms with Crippen molar-refractivity contribution in [1.82, 2.24) is 9.88 Å². The second-order valence-electron chi connectivity index (χ2n) is 5.28. The van der Waals surface area contributed by atoms with Gasteiger partial charge in [-0.3, -0.25) is 0 Å². The highest BCUT2D eigenvalue weighted by atomic mass is 79.9. The number of halogens is 1. The molecule has 0 radical (unpaired) electrons. The number of nitrogens with zero attached hydrogens (tertiary/aromatic N) is 2. The van der Waals surface area contributed by atoms with Gasteiger partial charge < -0.3 is 9.64 Å². The number of rotatable bonds is 3. The molecule has 0 unspecified atom stereocenters. The number of carbonyl (C=O) groups is 1. The van der Waals surface area contributed by atoms with Gasteiger partial charge in [0.2, 0.25) is 0 Å². The lowest BCUT2D eigenvalue weighted by Gasteiger charge is -2.24. The third-order valence-corrected chi connectivity index (χ3v) is 4.50. The molecule has 1 aliphatic heterocycles. The number of amides is 1. The molecule has 1 fully saturated rings. The molecule has 22 heavy (non-hydrogen) atoms. The average Bonchev–Trinajstić information content (AvgIpc) is 3.03. The Morgan fingerprint density at radius 2 is 2.09 bits per heavy atom. The minimum absolute atomic E-state index is 0.0337. The number of carbonyl (C=O) groups excluding carboxylic acids is 1. The van der Waals surface area contributed by atoms with Gasteiger partial charge in [-0.15, -0.1) is 0 Å². The van der Waals surface area contributed by atoms with Crippen LogP contribution in [0.4, 0.5) is 4.79 Å². The van der Waals surface area contributed by atoms with Crippen LogP contribution < -0.4 is 0 Å². The molecule has 1 saturated heterocycles. The lowest BCUT2D eigenvalue weighted by Crippen LogP contribution is -2.31. The van der Waals surface area contributed by atoms with Crippen LogP contribution in [0, 0.1) is 0 Å². The fourth-order valence-electron chi connectivity index (χ4n) is 2.76. The first-order chi connectivity index (χ1) is 10.8. The molecule has 0 aliphatic carbocycles. The van der Waals surface area contributed by atoms with Crippen molar-refractivity contribution in [2.24, 2.45) is 0 Å². The second-order valence-corrected chi connectivity index (χ2v) is 6.03. The molecule has 1 aromatic carbocycles. The van der Waals surface area contributed by atoms with E-state index in [1.807, 2.05) is 42.5 Å². The van der Waals surface area contributed by atoms with Gasteiger partial charge in [-0.25, -0.2) is 9.78 Å². The van der Waals surface area contributed by atoms with Gasteiger partial charge >= 0.3 is 6.09 Å². The summed E-state index contributed by atoms with van der Waals surface area (Å²) in [5.74, 6) is 0. The molecule has 2 heterocycles. The number of benzene rings is 1. The smallest absolute Gasteiger partial charge is 0.410 e. The lowest BCUT2D eigenvalue weighted by atomic mass is 10.1. The van der Waals surface area contributed by atoms with E-state index in [0.717, 1.165) is 35.1 Å². The molecule has 0 spiro atoms. The Kier molecular flexibility index (Phi) is 4.73. The van der Waals surface area contributed by atoms with Crippen LogP contribution in [0.1, 0.15) is 30.0 Å². The van der Waals surface area contributed by atoms with E-state index in [-0.39, 0.29) is 12.1 Å². The van der Waals surface area contributed by atoms with Gasteiger partial charge in [0.25, 0.3) is 0 Å². The first-order valence-electron chi connectivity index (χ1n) is 7.33. The van der Waals surface area contributed by atoms with E-state index in [0.29, 0.717) is 6.61 Å².